The minimum absolute atomic E-state index is 0.348. The van der Waals surface area contributed by atoms with E-state index in [-0.39, 0.29) is 0 Å². The molecule has 1 unspecified atom stereocenters. The Morgan fingerprint density at radius 3 is 3.00 bits per heavy atom. The Balaban J connectivity index is 1.43. The van der Waals surface area contributed by atoms with Crippen LogP contribution in [0.2, 0.25) is 0 Å². The van der Waals surface area contributed by atoms with Gasteiger partial charge in [-0.2, -0.15) is 0 Å². The third kappa shape index (κ3) is 3.78. The second-order valence-corrected chi connectivity index (χ2v) is 6.93. The van der Waals surface area contributed by atoms with Crippen LogP contribution in [0.5, 0.6) is 0 Å². The number of hydrogen-bond donors (Lipinski definition) is 2. The van der Waals surface area contributed by atoms with Crippen molar-refractivity contribution in [3.8, 4) is 0 Å². The van der Waals surface area contributed by atoms with Gasteiger partial charge in [-0.05, 0) is 43.9 Å². The quantitative estimate of drug-likeness (QED) is 0.877. The summed E-state index contributed by atoms with van der Waals surface area (Å²) in [7, 11) is 0. The van der Waals surface area contributed by atoms with Crippen molar-refractivity contribution in [1.29, 1.82) is 0 Å². The van der Waals surface area contributed by atoms with Gasteiger partial charge in [0, 0.05) is 18.5 Å². The summed E-state index contributed by atoms with van der Waals surface area (Å²) in [5.41, 5.74) is 3.23. The SMILES string of the molecule is CCc1ccc2nc(NC3=NCN(CC4CCCO4)CN3)nc(C)c2c1. The molecule has 2 aliphatic rings. The van der Waals surface area contributed by atoms with E-state index in [9.17, 15) is 0 Å². The number of aryl methyl sites for hydroxylation is 2. The Kier molecular flexibility index (Phi) is 4.99. The molecule has 2 aliphatic heterocycles. The number of nitrogens with one attached hydrogen (secondary N) is 2. The maximum Gasteiger partial charge on any atom is 0.230 e. The monoisotopic (exact) mass is 354 g/mol. The summed E-state index contributed by atoms with van der Waals surface area (Å²) < 4.78 is 5.70. The third-order valence-corrected chi connectivity index (χ3v) is 4.97. The number of fused-ring (bicyclic) bond motifs is 1. The first-order chi connectivity index (χ1) is 12.7. The molecular weight excluding hydrogens is 328 g/mol. The van der Waals surface area contributed by atoms with Gasteiger partial charge in [-0.1, -0.05) is 13.0 Å². The topological polar surface area (TPSA) is 74.7 Å². The van der Waals surface area contributed by atoms with Gasteiger partial charge in [0.05, 0.1) is 30.7 Å². The number of ether oxygens (including phenoxy) is 1. The van der Waals surface area contributed by atoms with Gasteiger partial charge in [0.15, 0.2) is 0 Å². The van der Waals surface area contributed by atoms with Gasteiger partial charge in [-0.3, -0.25) is 10.2 Å². The molecule has 7 nitrogen and oxygen atoms in total. The number of hydrogen-bond acceptors (Lipinski definition) is 7. The highest BCUT2D eigenvalue weighted by Gasteiger charge is 2.21. The largest absolute Gasteiger partial charge is 0.377 e. The van der Waals surface area contributed by atoms with Crippen LogP contribution < -0.4 is 10.6 Å². The number of benzene rings is 1. The lowest BCUT2D eigenvalue weighted by molar-refractivity contribution is 0.0715. The maximum absolute atomic E-state index is 5.70. The Morgan fingerprint density at radius 1 is 1.35 bits per heavy atom. The standard InChI is InChI=1S/C19H26N6O/c1-3-14-6-7-17-16(9-14)13(2)22-19(23-17)24-18-20-11-25(12-21-18)10-15-5-4-8-26-15/h6-7,9,15H,3-5,8,10-12H2,1-2H3,(H2,20,21,22,23,24). The second-order valence-electron chi connectivity index (χ2n) is 6.93. The zero-order valence-electron chi connectivity index (χ0n) is 15.5. The molecule has 0 amide bonds. The molecule has 0 aliphatic carbocycles. The van der Waals surface area contributed by atoms with Crippen LogP contribution in [0.3, 0.4) is 0 Å². The van der Waals surface area contributed by atoms with Crippen LogP contribution in [-0.4, -0.2) is 53.4 Å². The van der Waals surface area contributed by atoms with E-state index in [4.69, 9.17) is 4.74 Å². The van der Waals surface area contributed by atoms with Gasteiger partial charge in [-0.15, -0.1) is 0 Å². The molecule has 0 spiro atoms. The second kappa shape index (κ2) is 7.55. The zero-order valence-corrected chi connectivity index (χ0v) is 15.5. The molecule has 1 aromatic heterocycles. The van der Waals surface area contributed by atoms with E-state index in [0.717, 1.165) is 55.2 Å². The van der Waals surface area contributed by atoms with E-state index in [2.05, 4.69) is 55.6 Å². The van der Waals surface area contributed by atoms with E-state index in [0.29, 0.717) is 18.7 Å². The molecule has 26 heavy (non-hydrogen) atoms. The summed E-state index contributed by atoms with van der Waals surface area (Å²) in [5.74, 6) is 1.30. The first kappa shape index (κ1) is 17.2. The normalized spacial score (nSPS) is 20.8. The Hall–Kier alpha value is -2.25. The number of rotatable bonds is 4. The highest BCUT2D eigenvalue weighted by Crippen LogP contribution is 2.19. The van der Waals surface area contributed by atoms with E-state index in [1.54, 1.807) is 0 Å². The predicted octanol–water partition coefficient (Wildman–Crippen LogP) is 2.27. The molecule has 1 aromatic carbocycles. The predicted molar refractivity (Wildman–Crippen MR) is 103 cm³/mol. The zero-order chi connectivity index (χ0) is 17.9. The molecule has 2 aromatic rings. The lowest BCUT2D eigenvalue weighted by atomic mass is 10.1. The lowest BCUT2D eigenvalue weighted by Crippen LogP contribution is -2.48. The molecule has 138 valence electrons. The molecule has 3 heterocycles. The van der Waals surface area contributed by atoms with E-state index < -0.39 is 0 Å². The molecule has 1 saturated heterocycles. The van der Waals surface area contributed by atoms with Crippen molar-refractivity contribution in [2.24, 2.45) is 4.99 Å². The van der Waals surface area contributed by atoms with Crippen molar-refractivity contribution in [1.82, 2.24) is 20.2 Å². The van der Waals surface area contributed by atoms with Crippen molar-refractivity contribution in [3.05, 3.63) is 29.5 Å². The van der Waals surface area contributed by atoms with E-state index in [1.807, 2.05) is 6.92 Å². The summed E-state index contributed by atoms with van der Waals surface area (Å²) >= 11 is 0. The third-order valence-electron chi connectivity index (χ3n) is 4.97. The Bertz CT molecular complexity index is 815. The molecule has 0 saturated carbocycles. The number of anilines is 1. The van der Waals surface area contributed by atoms with Gasteiger partial charge in [-0.25, -0.2) is 15.0 Å². The summed E-state index contributed by atoms with van der Waals surface area (Å²) in [6.45, 7) is 7.39. The van der Waals surface area contributed by atoms with Crippen molar-refractivity contribution in [2.45, 2.75) is 39.2 Å². The molecular formula is C19H26N6O. The van der Waals surface area contributed by atoms with E-state index >= 15 is 0 Å². The number of nitrogens with zero attached hydrogens (tertiary/aromatic N) is 4. The number of aromatic nitrogens is 2. The molecule has 1 atom stereocenters. The summed E-state index contributed by atoms with van der Waals surface area (Å²) in [6, 6.07) is 6.36. The minimum Gasteiger partial charge on any atom is -0.377 e. The average molecular weight is 354 g/mol. The van der Waals surface area contributed by atoms with Crippen LogP contribution in [0.4, 0.5) is 5.95 Å². The fourth-order valence-electron chi connectivity index (χ4n) is 3.46. The molecule has 1 fully saturated rings. The average Bonchev–Trinajstić information content (AvgIpc) is 3.16. The van der Waals surface area contributed by atoms with Crippen LogP contribution >= 0.6 is 0 Å². The first-order valence-corrected chi connectivity index (χ1v) is 9.38. The molecule has 4 rings (SSSR count). The smallest absolute Gasteiger partial charge is 0.230 e. The fraction of sp³-hybridized carbons (Fsp3) is 0.526. The molecule has 2 N–H and O–H groups in total. The van der Waals surface area contributed by atoms with Crippen LogP contribution in [-0.2, 0) is 11.2 Å². The summed E-state index contributed by atoms with van der Waals surface area (Å²) in [6.07, 6.45) is 3.68. The van der Waals surface area contributed by atoms with Gasteiger partial charge < -0.3 is 10.1 Å². The number of aliphatic imine (C=N–C) groups is 1. The van der Waals surface area contributed by atoms with Crippen LogP contribution in [0.1, 0.15) is 31.0 Å². The summed E-state index contributed by atoms with van der Waals surface area (Å²) in [5, 5.41) is 7.63. The molecule has 7 heteroatoms. The van der Waals surface area contributed by atoms with Gasteiger partial charge >= 0.3 is 0 Å². The first-order valence-electron chi connectivity index (χ1n) is 9.38. The Labute approximate surface area is 153 Å². The van der Waals surface area contributed by atoms with Gasteiger partial charge in [0.25, 0.3) is 0 Å². The fourth-order valence-corrected chi connectivity index (χ4v) is 3.46. The molecule has 0 radical (unpaired) electrons. The Morgan fingerprint density at radius 2 is 2.27 bits per heavy atom. The highest BCUT2D eigenvalue weighted by atomic mass is 16.5. The van der Waals surface area contributed by atoms with Crippen molar-refractivity contribution < 1.29 is 4.74 Å². The lowest BCUT2D eigenvalue weighted by Gasteiger charge is -2.28. The van der Waals surface area contributed by atoms with E-state index in [1.165, 1.54) is 12.0 Å². The van der Waals surface area contributed by atoms with Gasteiger partial charge in [0.1, 0.15) is 0 Å². The van der Waals surface area contributed by atoms with Crippen LogP contribution in [0.25, 0.3) is 10.9 Å². The van der Waals surface area contributed by atoms with Crippen molar-refractivity contribution in [2.75, 3.05) is 31.8 Å². The minimum atomic E-state index is 0.348. The van der Waals surface area contributed by atoms with Crippen LogP contribution in [0.15, 0.2) is 23.2 Å². The molecule has 0 bridgehead atoms. The van der Waals surface area contributed by atoms with Crippen molar-refractivity contribution in [3.63, 3.8) is 0 Å². The highest BCUT2D eigenvalue weighted by molar-refractivity contribution is 5.93. The number of guanidine groups is 1. The maximum atomic E-state index is 5.70. The van der Waals surface area contributed by atoms with Crippen molar-refractivity contribution >= 4 is 22.8 Å². The van der Waals surface area contributed by atoms with Gasteiger partial charge in [0.2, 0.25) is 11.9 Å². The summed E-state index contributed by atoms with van der Waals surface area (Å²) in [4.78, 5) is 16.0. The van der Waals surface area contributed by atoms with Crippen LogP contribution in [0, 0.1) is 6.92 Å².